The molecule has 1 saturated carbocycles. The first-order valence-electron chi connectivity index (χ1n) is 13.6. The van der Waals surface area contributed by atoms with Crippen molar-refractivity contribution in [2.24, 2.45) is 11.8 Å². The van der Waals surface area contributed by atoms with E-state index in [9.17, 15) is 14.4 Å². The molecule has 3 amide bonds. The highest BCUT2D eigenvalue weighted by atomic mass is 35.5. The largest absolute Gasteiger partial charge is 0.496 e. The van der Waals surface area contributed by atoms with E-state index < -0.39 is 29.6 Å². The summed E-state index contributed by atoms with van der Waals surface area (Å²) < 4.78 is 12.0. The van der Waals surface area contributed by atoms with Crippen molar-refractivity contribution >= 4 is 35.0 Å². The Balaban J connectivity index is 1.34. The molecule has 1 aliphatic carbocycles. The molecule has 2 bridgehead atoms. The molecule has 9 heteroatoms. The van der Waals surface area contributed by atoms with E-state index in [0.717, 1.165) is 37.7 Å². The Labute approximate surface area is 232 Å². The van der Waals surface area contributed by atoms with Crippen LogP contribution in [-0.2, 0) is 25.7 Å². The van der Waals surface area contributed by atoms with E-state index in [1.54, 1.807) is 36.3 Å². The van der Waals surface area contributed by atoms with Gasteiger partial charge >= 0.3 is 0 Å². The third-order valence-electron chi connectivity index (χ3n) is 8.50. The van der Waals surface area contributed by atoms with E-state index in [2.05, 4.69) is 10.6 Å². The van der Waals surface area contributed by atoms with Crippen molar-refractivity contribution in [1.82, 2.24) is 10.2 Å². The van der Waals surface area contributed by atoms with E-state index in [1.165, 1.54) is 0 Å². The molecular weight excluding hydrogens is 518 g/mol. The van der Waals surface area contributed by atoms with Crippen LogP contribution in [0.4, 0.5) is 5.69 Å². The number of likely N-dealkylation sites (tertiary alicyclic amines) is 1. The summed E-state index contributed by atoms with van der Waals surface area (Å²) in [4.78, 5) is 43.3. The van der Waals surface area contributed by atoms with E-state index in [1.807, 2.05) is 36.4 Å². The van der Waals surface area contributed by atoms with Gasteiger partial charge in [0.15, 0.2) is 0 Å². The molecule has 3 heterocycles. The maximum absolute atomic E-state index is 14.2. The van der Waals surface area contributed by atoms with Crippen molar-refractivity contribution in [1.29, 1.82) is 0 Å². The van der Waals surface area contributed by atoms with Crippen molar-refractivity contribution in [3.05, 3.63) is 71.3 Å². The monoisotopic (exact) mass is 549 g/mol. The predicted octanol–water partition coefficient (Wildman–Crippen LogP) is 4.09. The van der Waals surface area contributed by atoms with Gasteiger partial charge in [-0.25, -0.2) is 0 Å². The maximum atomic E-state index is 14.2. The average molecular weight is 550 g/mol. The predicted molar refractivity (Wildman–Crippen MR) is 146 cm³/mol. The molecule has 6 rings (SSSR count). The van der Waals surface area contributed by atoms with E-state index in [4.69, 9.17) is 21.1 Å². The number of ether oxygens (including phenoxy) is 2. The molecule has 0 aromatic heterocycles. The Bertz CT molecular complexity index is 1330. The lowest BCUT2D eigenvalue weighted by atomic mass is 9.74. The van der Waals surface area contributed by atoms with Crippen LogP contribution in [0, 0.1) is 11.8 Å². The van der Waals surface area contributed by atoms with Crippen LogP contribution in [0.5, 0.6) is 5.75 Å². The van der Waals surface area contributed by atoms with Gasteiger partial charge in [-0.3, -0.25) is 14.4 Å². The molecular formula is C30H32ClN3O5. The number of nitrogens with one attached hydrogen (secondary N) is 2. The number of hydrogen-bond donors (Lipinski definition) is 2. The molecule has 3 fully saturated rings. The molecule has 39 heavy (non-hydrogen) atoms. The lowest BCUT2D eigenvalue weighted by Crippen LogP contribution is -2.56. The van der Waals surface area contributed by atoms with Crippen molar-refractivity contribution in [3.63, 3.8) is 0 Å². The third kappa shape index (κ3) is 4.49. The first kappa shape index (κ1) is 25.9. The molecule has 1 spiro atoms. The topological polar surface area (TPSA) is 97.0 Å². The standard InChI is InChI=1S/C30H32ClN3O5/c1-38-22-13-6-5-8-18(22)17-34-26(28(36)32-20-10-3-2-4-11-20)30-15-14-23(39-30)24(25(30)29(34)37)27(35)33-21-12-7-9-19(31)16-21/h5-9,12-16,20,23-26H,2-4,10-11,17H2,1H3,(H,32,36)(H,33,35). The Morgan fingerprint density at radius 2 is 1.90 bits per heavy atom. The van der Waals surface area contributed by atoms with Gasteiger partial charge in [-0.1, -0.05) is 67.3 Å². The highest BCUT2D eigenvalue weighted by Gasteiger charge is 2.72. The fraction of sp³-hybridized carbons (Fsp3) is 0.433. The number of halogens is 1. The van der Waals surface area contributed by atoms with Gasteiger partial charge in [-0.2, -0.15) is 0 Å². The fourth-order valence-electron chi connectivity index (χ4n) is 6.77. The van der Waals surface area contributed by atoms with E-state index in [0.29, 0.717) is 16.5 Å². The second-order valence-corrected chi connectivity index (χ2v) is 11.3. The number of benzene rings is 2. The number of carbonyl (C=O) groups is 3. The number of rotatable bonds is 7. The molecule has 4 aliphatic rings. The van der Waals surface area contributed by atoms with Gasteiger partial charge < -0.3 is 25.0 Å². The van der Waals surface area contributed by atoms with E-state index in [-0.39, 0.29) is 30.3 Å². The molecule has 5 unspecified atom stereocenters. The minimum Gasteiger partial charge on any atom is -0.496 e. The van der Waals surface area contributed by atoms with Crippen LogP contribution in [0.2, 0.25) is 5.02 Å². The number of carbonyl (C=O) groups excluding carboxylic acids is 3. The van der Waals surface area contributed by atoms with Crippen LogP contribution in [0.15, 0.2) is 60.7 Å². The van der Waals surface area contributed by atoms with Crippen molar-refractivity contribution in [2.75, 3.05) is 12.4 Å². The zero-order valence-corrected chi connectivity index (χ0v) is 22.5. The lowest BCUT2D eigenvalue weighted by Gasteiger charge is -2.34. The zero-order chi connectivity index (χ0) is 27.1. The van der Waals surface area contributed by atoms with E-state index >= 15 is 0 Å². The zero-order valence-electron chi connectivity index (χ0n) is 21.8. The summed E-state index contributed by atoms with van der Waals surface area (Å²) in [7, 11) is 1.58. The Morgan fingerprint density at radius 1 is 1.10 bits per heavy atom. The average Bonchev–Trinajstić information content (AvgIpc) is 3.57. The van der Waals surface area contributed by atoms with Crippen molar-refractivity contribution in [2.45, 2.75) is 62.4 Å². The summed E-state index contributed by atoms with van der Waals surface area (Å²) in [5, 5.41) is 6.61. The summed E-state index contributed by atoms with van der Waals surface area (Å²) in [6.45, 7) is 0.161. The van der Waals surface area contributed by atoms with Gasteiger partial charge in [-0.05, 0) is 37.1 Å². The number of nitrogens with zero attached hydrogens (tertiary/aromatic N) is 1. The Kier molecular flexibility index (Phi) is 6.85. The molecule has 3 aliphatic heterocycles. The number of para-hydroxylation sites is 1. The van der Waals surface area contributed by atoms with Gasteiger partial charge in [0.2, 0.25) is 17.7 Å². The van der Waals surface area contributed by atoms with Gasteiger partial charge in [0.25, 0.3) is 0 Å². The summed E-state index contributed by atoms with van der Waals surface area (Å²) in [6, 6.07) is 13.5. The highest BCUT2D eigenvalue weighted by molar-refractivity contribution is 6.30. The van der Waals surface area contributed by atoms with Gasteiger partial charge in [-0.15, -0.1) is 0 Å². The van der Waals surface area contributed by atoms with Crippen LogP contribution in [0.3, 0.4) is 0 Å². The fourth-order valence-corrected chi connectivity index (χ4v) is 6.96. The van der Waals surface area contributed by atoms with Crippen LogP contribution in [0.1, 0.15) is 37.7 Å². The van der Waals surface area contributed by atoms with Crippen LogP contribution in [0.25, 0.3) is 0 Å². The van der Waals surface area contributed by atoms with Crippen molar-refractivity contribution in [3.8, 4) is 5.75 Å². The number of hydrogen-bond acceptors (Lipinski definition) is 5. The van der Waals surface area contributed by atoms with Crippen LogP contribution >= 0.6 is 11.6 Å². The van der Waals surface area contributed by atoms with Crippen molar-refractivity contribution < 1.29 is 23.9 Å². The summed E-state index contributed by atoms with van der Waals surface area (Å²) in [5.74, 6) is -1.84. The smallest absolute Gasteiger partial charge is 0.246 e. The molecule has 8 nitrogen and oxygen atoms in total. The Morgan fingerprint density at radius 3 is 2.67 bits per heavy atom. The molecule has 2 saturated heterocycles. The second-order valence-electron chi connectivity index (χ2n) is 10.8. The first-order valence-corrected chi connectivity index (χ1v) is 14.0. The molecule has 2 aromatic rings. The molecule has 0 radical (unpaired) electrons. The summed E-state index contributed by atoms with van der Waals surface area (Å²) >= 11 is 6.11. The highest BCUT2D eigenvalue weighted by Crippen LogP contribution is 2.55. The minimum absolute atomic E-state index is 0.0643. The van der Waals surface area contributed by atoms with Crippen LogP contribution < -0.4 is 15.4 Å². The van der Waals surface area contributed by atoms with Gasteiger partial charge in [0.1, 0.15) is 17.4 Å². The first-order chi connectivity index (χ1) is 18.9. The summed E-state index contributed by atoms with van der Waals surface area (Å²) in [5.41, 5.74) is 0.0913. The number of fused-ring (bicyclic) bond motifs is 1. The number of anilines is 1. The third-order valence-corrected chi connectivity index (χ3v) is 8.74. The quantitative estimate of drug-likeness (QED) is 0.507. The molecule has 204 valence electrons. The maximum Gasteiger partial charge on any atom is 0.246 e. The molecule has 5 atom stereocenters. The van der Waals surface area contributed by atoms with Crippen LogP contribution in [-0.4, -0.2) is 53.5 Å². The molecule has 2 aromatic carbocycles. The number of amides is 3. The lowest BCUT2D eigenvalue weighted by molar-refractivity contribution is -0.142. The SMILES string of the molecule is COc1ccccc1CN1C(=O)C2C(C(=O)Nc3cccc(Cl)c3)C3C=CC2(O3)C1C(=O)NC1CCCCC1. The van der Waals surface area contributed by atoms with Gasteiger partial charge in [0.05, 0.1) is 31.6 Å². The molecule has 2 N–H and O–H groups in total. The second kappa shape index (κ2) is 10.3. The normalized spacial score (nSPS) is 29.4. The number of methoxy groups -OCH3 is 1. The Hall–Kier alpha value is -3.36. The minimum atomic E-state index is -1.22. The summed E-state index contributed by atoms with van der Waals surface area (Å²) in [6.07, 6.45) is 8.18. The van der Waals surface area contributed by atoms with Gasteiger partial charge in [0, 0.05) is 22.3 Å².